The van der Waals surface area contributed by atoms with Crippen molar-refractivity contribution in [2.24, 2.45) is 7.05 Å². The SMILES string of the molecule is Cc1nn(C)c2c1nc(C(C)Cl)n2C1CCOC(C)C1. The predicted molar refractivity (Wildman–Crippen MR) is 79.2 cm³/mol. The number of hydrogen-bond donors (Lipinski definition) is 0. The van der Waals surface area contributed by atoms with Crippen LogP contribution in [0.4, 0.5) is 0 Å². The first-order chi connectivity index (χ1) is 9.49. The van der Waals surface area contributed by atoms with Crippen LogP contribution in [0.3, 0.4) is 0 Å². The lowest BCUT2D eigenvalue weighted by atomic mass is 10.0. The third kappa shape index (κ3) is 2.13. The van der Waals surface area contributed by atoms with Gasteiger partial charge in [0, 0.05) is 19.7 Å². The molecule has 3 unspecified atom stereocenters. The molecule has 20 heavy (non-hydrogen) atoms. The minimum Gasteiger partial charge on any atom is -0.378 e. The molecular weight excluding hydrogens is 276 g/mol. The molecule has 3 heterocycles. The Kier molecular flexibility index (Phi) is 3.50. The summed E-state index contributed by atoms with van der Waals surface area (Å²) in [5.74, 6) is 0.942. The van der Waals surface area contributed by atoms with Crippen LogP contribution in [0.5, 0.6) is 0 Å². The van der Waals surface area contributed by atoms with E-state index in [9.17, 15) is 0 Å². The van der Waals surface area contributed by atoms with Gasteiger partial charge >= 0.3 is 0 Å². The van der Waals surface area contributed by atoms with Gasteiger partial charge in [0.1, 0.15) is 11.3 Å². The lowest BCUT2D eigenvalue weighted by molar-refractivity contribution is 0.00601. The highest BCUT2D eigenvalue weighted by Gasteiger charge is 2.28. The molecule has 0 radical (unpaired) electrons. The number of aromatic nitrogens is 4. The Morgan fingerprint density at radius 3 is 2.85 bits per heavy atom. The number of rotatable bonds is 2. The van der Waals surface area contributed by atoms with Crippen molar-refractivity contribution in [1.29, 1.82) is 0 Å². The van der Waals surface area contributed by atoms with Gasteiger partial charge in [-0.1, -0.05) is 0 Å². The van der Waals surface area contributed by atoms with Gasteiger partial charge in [0.25, 0.3) is 0 Å². The van der Waals surface area contributed by atoms with Crippen molar-refractivity contribution in [3.63, 3.8) is 0 Å². The van der Waals surface area contributed by atoms with E-state index < -0.39 is 0 Å². The summed E-state index contributed by atoms with van der Waals surface area (Å²) in [4.78, 5) is 4.74. The van der Waals surface area contributed by atoms with Gasteiger partial charge in [-0.2, -0.15) is 5.10 Å². The van der Waals surface area contributed by atoms with Crippen molar-refractivity contribution in [1.82, 2.24) is 19.3 Å². The number of ether oxygens (including phenoxy) is 1. The molecule has 6 heteroatoms. The first-order valence-electron chi connectivity index (χ1n) is 7.16. The van der Waals surface area contributed by atoms with Gasteiger partial charge in [-0.05, 0) is 33.6 Å². The summed E-state index contributed by atoms with van der Waals surface area (Å²) in [5.41, 5.74) is 3.00. The zero-order chi connectivity index (χ0) is 14.4. The van der Waals surface area contributed by atoms with Gasteiger partial charge in [-0.3, -0.25) is 4.68 Å². The first kappa shape index (κ1) is 13.9. The minimum atomic E-state index is -0.111. The molecule has 3 atom stereocenters. The highest BCUT2D eigenvalue weighted by Crippen LogP contribution is 2.34. The highest BCUT2D eigenvalue weighted by molar-refractivity contribution is 6.20. The fourth-order valence-electron chi connectivity index (χ4n) is 3.16. The molecule has 1 aliphatic heterocycles. The molecule has 3 rings (SSSR count). The zero-order valence-electron chi connectivity index (χ0n) is 12.4. The third-order valence-electron chi connectivity index (χ3n) is 4.04. The topological polar surface area (TPSA) is 44.9 Å². The Morgan fingerprint density at radius 1 is 1.45 bits per heavy atom. The molecule has 1 saturated heterocycles. The van der Waals surface area contributed by atoms with Crippen molar-refractivity contribution >= 4 is 22.8 Å². The second-order valence-corrected chi connectivity index (χ2v) is 6.35. The zero-order valence-corrected chi connectivity index (χ0v) is 13.2. The van der Waals surface area contributed by atoms with Gasteiger partial charge in [-0.25, -0.2) is 4.98 Å². The molecule has 0 saturated carbocycles. The Labute approximate surface area is 123 Å². The molecule has 2 aromatic heterocycles. The average Bonchev–Trinajstić information content (AvgIpc) is 2.89. The second kappa shape index (κ2) is 5.04. The number of halogens is 1. The summed E-state index contributed by atoms with van der Waals surface area (Å²) >= 11 is 6.35. The van der Waals surface area contributed by atoms with Crippen molar-refractivity contribution in [3.8, 4) is 0 Å². The van der Waals surface area contributed by atoms with E-state index in [4.69, 9.17) is 21.3 Å². The number of imidazole rings is 1. The summed E-state index contributed by atoms with van der Waals surface area (Å²) in [6.45, 7) is 6.89. The van der Waals surface area contributed by atoms with Crippen LogP contribution in [0.1, 0.15) is 49.6 Å². The maximum absolute atomic E-state index is 6.35. The summed E-state index contributed by atoms with van der Waals surface area (Å²) in [6.07, 6.45) is 2.27. The van der Waals surface area contributed by atoms with Crippen molar-refractivity contribution in [3.05, 3.63) is 11.5 Å². The number of aryl methyl sites for hydroxylation is 2. The lowest BCUT2D eigenvalue weighted by Gasteiger charge is -2.30. The van der Waals surface area contributed by atoms with Crippen LogP contribution in [0.25, 0.3) is 11.2 Å². The van der Waals surface area contributed by atoms with Crippen LogP contribution in [-0.4, -0.2) is 32.0 Å². The molecule has 0 amide bonds. The monoisotopic (exact) mass is 296 g/mol. The van der Waals surface area contributed by atoms with Crippen LogP contribution in [0.15, 0.2) is 0 Å². The van der Waals surface area contributed by atoms with Crippen LogP contribution >= 0.6 is 11.6 Å². The Hall–Kier alpha value is -1.07. The largest absolute Gasteiger partial charge is 0.378 e. The number of alkyl halides is 1. The molecule has 0 spiro atoms. The van der Waals surface area contributed by atoms with E-state index >= 15 is 0 Å². The van der Waals surface area contributed by atoms with Crippen molar-refractivity contribution < 1.29 is 4.74 Å². The molecule has 0 aromatic carbocycles. The second-order valence-electron chi connectivity index (χ2n) is 5.70. The smallest absolute Gasteiger partial charge is 0.158 e. The van der Waals surface area contributed by atoms with E-state index in [0.717, 1.165) is 42.1 Å². The van der Waals surface area contributed by atoms with E-state index in [-0.39, 0.29) is 11.5 Å². The molecule has 1 fully saturated rings. The molecule has 0 aliphatic carbocycles. The maximum atomic E-state index is 6.35. The first-order valence-corrected chi connectivity index (χ1v) is 7.59. The van der Waals surface area contributed by atoms with Crippen LogP contribution < -0.4 is 0 Å². The highest BCUT2D eigenvalue weighted by atomic mass is 35.5. The average molecular weight is 297 g/mol. The molecule has 1 aliphatic rings. The Balaban J connectivity index is 2.17. The summed E-state index contributed by atoms with van der Waals surface area (Å²) in [6, 6.07) is 0.384. The van der Waals surface area contributed by atoms with Crippen molar-refractivity contribution in [2.45, 2.75) is 51.1 Å². The Morgan fingerprint density at radius 2 is 2.20 bits per heavy atom. The molecule has 2 aromatic rings. The van der Waals surface area contributed by atoms with E-state index in [0.29, 0.717) is 6.04 Å². The Bertz CT molecular complexity index is 631. The molecule has 5 nitrogen and oxygen atoms in total. The van der Waals surface area contributed by atoms with E-state index in [2.05, 4.69) is 16.6 Å². The third-order valence-corrected chi connectivity index (χ3v) is 4.24. The molecular formula is C14H21ClN4O. The van der Waals surface area contributed by atoms with Gasteiger partial charge in [0.15, 0.2) is 5.65 Å². The van der Waals surface area contributed by atoms with E-state index in [1.54, 1.807) is 0 Å². The maximum Gasteiger partial charge on any atom is 0.158 e. The normalized spacial score (nSPS) is 25.2. The lowest BCUT2D eigenvalue weighted by Crippen LogP contribution is -2.27. The molecule has 110 valence electrons. The van der Waals surface area contributed by atoms with Gasteiger partial charge in [-0.15, -0.1) is 11.6 Å². The fraction of sp³-hybridized carbons (Fsp3) is 0.714. The summed E-state index contributed by atoms with van der Waals surface area (Å²) in [5, 5.41) is 4.37. The standard InChI is InChI=1S/C14H21ClN4O/c1-8-7-11(5-6-20-8)19-13(9(2)15)16-12-10(3)17-18(4)14(12)19/h8-9,11H,5-7H2,1-4H3. The van der Waals surface area contributed by atoms with Gasteiger partial charge < -0.3 is 9.30 Å². The van der Waals surface area contributed by atoms with Gasteiger partial charge in [0.2, 0.25) is 0 Å². The van der Waals surface area contributed by atoms with Crippen LogP contribution in [0, 0.1) is 6.92 Å². The van der Waals surface area contributed by atoms with Crippen molar-refractivity contribution in [2.75, 3.05) is 6.61 Å². The molecule has 0 N–H and O–H groups in total. The number of hydrogen-bond acceptors (Lipinski definition) is 3. The molecule has 0 bridgehead atoms. The fourth-order valence-corrected chi connectivity index (χ4v) is 3.32. The number of nitrogens with zero attached hydrogens (tertiary/aromatic N) is 4. The minimum absolute atomic E-state index is 0.111. The summed E-state index contributed by atoms with van der Waals surface area (Å²) in [7, 11) is 1.97. The predicted octanol–water partition coefficient (Wildman–Crippen LogP) is 3.12. The van der Waals surface area contributed by atoms with E-state index in [1.165, 1.54) is 0 Å². The van der Waals surface area contributed by atoms with E-state index in [1.807, 2.05) is 25.6 Å². The van der Waals surface area contributed by atoms with Crippen LogP contribution in [-0.2, 0) is 11.8 Å². The quantitative estimate of drug-likeness (QED) is 0.800. The van der Waals surface area contributed by atoms with Gasteiger partial charge in [0.05, 0.1) is 17.2 Å². The van der Waals surface area contributed by atoms with Crippen LogP contribution in [0.2, 0.25) is 0 Å². The summed E-state index contributed by atoms with van der Waals surface area (Å²) < 4.78 is 9.87. The number of fused-ring (bicyclic) bond motifs is 1.